The maximum Gasteiger partial charge on any atom is 0.313 e. The lowest BCUT2D eigenvalue weighted by atomic mass is 10.2. The molecule has 0 aliphatic carbocycles. The Morgan fingerprint density at radius 2 is 2.21 bits per heavy atom. The standard InChI is InChI=1S/C8H12N2O3S/c1-6(2-9)3-10-7(11)4-14-5-8(12)13/h6H,3-5H2,1H3,(H,10,11)(H,12,13). The maximum absolute atomic E-state index is 11.0. The van der Waals surface area contributed by atoms with Crippen molar-refractivity contribution < 1.29 is 14.7 Å². The Labute approximate surface area is 86.5 Å². The Hall–Kier alpha value is -1.22. The second kappa shape index (κ2) is 7.21. The van der Waals surface area contributed by atoms with Crippen molar-refractivity contribution in [1.82, 2.24) is 5.32 Å². The molecule has 0 radical (unpaired) electrons. The average Bonchev–Trinajstić information content (AvgIpc) is 2.13. The highest BCUT2D eigenvalue weighted by molar-refractivity contribution is 8.00. The number of hydrogen-bond donors (Lipinski definition) is 2. The molecule has 0 aliphatic rings. The van der Waals surface area contributed by atoms with Gasteiger partial charge in [-0.05, 0) is 6.92 Å². The van der Waals surface area contributed by atoms with Crippen molar-refractivity contribution in [2.75, 3.05) is 18.1 Å². The van der Waals surface area contributed by atoms with Gasteiger partial charge in [0.1, 0.15) is 0 Å². The van der Waals surface area contributed by atoms with Gasteiger partial charge in [-0.25, -0.2) is 0 Å². The Bertz CT molecular complexity index is 249. The second-order valence-corrected chi connectivity index (χ2v) is 3.71. The van der Waals surface area contributed by atoms with E-state index in [1.165, 1.54) is 0 Å². The number of amides is 1. The van der Waals surface area contributed by atoms with Gasteiger partial charge in [0.2, 0.25) is 5.91 Å². The van der Waals surface area contributed by atoms with Gasteiger partial charge in [0.05, 0.1) is 23.5 Å². The lowest BCUT2D eigenvalue weighted by molar-refractivity contribution is -0.133. The highest BCUT2D eigenvalue weighted by atomic mass is 32.2. The molecule has 0 aromatic heterocycles. The summed E-state index contributed by atoms with van der Waals surface area (Å²) >= 11 is 1.03. The van der Waals surface area contributed by atoms with Crippen molar-refractivity contribution in [3.8, 4) is 6.07 Å². The molecule has 0 aromatic rings. The number of nitrogens with one attached hydrogen (secondary N) is 1. The number of carboxylic acids is 1. The summed E-state index contributed by atoms with van der Waals surface area (Å²) in [4.78, 5) is 21.1. The van der Waals surface area contributed by atoms with Crippen molar-refractivity contribution in [3.63, 3.8) is 0 Å². The zero-order chi connectivity index (χ0) is 11.0. The molecule has 1 unspecified atom stereocenters. The maximum atomic E-state index is 11.0. The Balaban J connectivity index is 3.47. The molecule has 0 fully saturated rings. The van der Waals surface area contributed by atoms with Crippen molar-refractivity contribution >= 4 is 23.6 Å². The van der Waals surface area contributed by atoms with E-state index in [1.54, 1.807) is 6.92 Å². The number of nitrogens with zero attached hydrogens (tertiary/aromatic N) is 1. The highest BCUT2D eigenvalue weighted by Gasteiger charge is 2.05. The molecule has 5 nitrogen and oxygen atoms in total. The first-order valence-electron chi connectivity index (χ1n) is 4.02. The molecule has 0 aromatic carbocycles. The Kier molecular flexibility index (Phi) is 6.58. The zero-order valence-electron chi connectivity index (χ0n) is 7.82. The summed E-state index contributed by atoms with van der Waals surface area (Å²) in [5, 5.41) is 19.2. The SMILES string of the molecule is CC(C#N)CNC(=O)CSCC(=O)O. The van der Waals surface area contributed by atoms with Gasteiger partial charge in [-0.1, -0.05) is 0 Å². The van der Waals surface area contributed by atoms with E-state index in [0.29, 0.717) is 6.54 Å². The minimum absolute atomic E-state index is 0.0821. The van der Waals surface area contributed by atoms with E-state index in [-0.39, 0.29) is 23.3 Å². The van der Waals surface area contributed by atoms with Gasteiger partial charge in [0.25, 0.3) is 0 Å². The van der Waals surface area contributed by atoms with Crippen LogP contribution in [0.5, 0.6) is 0 Å². The number of hydrogen-bond acceptors (Lipinski definition) is 4. The third kappa shape index (κ3) is 7.43. The van der Waals surface area contributed by atoms with Gasteiger partial charge in [0, 0.05) is 6.54 Å². The molecule has 1 atom stereocenters. The topological polar surface area (TPSA) is 90.2 Å². The normalized spacial score (nSPS) is 11.4. The van der Waals surface area contributed by atoms with E-state index in [9.17, 15) is 9.59 Å². The van der Waals surface area contributed by atoms with Crippen LogP contribution < -0.4 is 5.32 Å². The second-order valence-electron chi connectivity index (χ2n) is 2.72. The molecule has 0 saturated heterocycles. The fourth-order valence-corrected chi connectivity index (χ4v) is 1.16. The predicted molar refractivity (Wildman–Crippen MR) is 52.7 cm³/mol. The van der Waals surface area contributed by atoms with Crippen LogP contribution in [0.2, 0.25) is 0 Å². The summed E-state index contributed by atoms with van der Waals surface area (Å²) in [7, 11) is 0. The first kappa shape index (κ1) is 12.8. The smallest absolute Gasteiger partial charge is 0.313 e. The molecule has 2 N–H and O–H groups in total. The van der Waals surface area contributed by atoms with Crippen LogP contribution in [0.1, 0.15) is 6.92 Å². The van der Waals surface area contributed by atoms with Gasteiger partial charge in [-0.15, -0.1) is 11.8 Å². The minimum Gasteiger partial charge on any atom is -0.481 e. The number of carbonyl (C=O) groups is 2. The molecule has 0 bridgehead atoms. The van der Waals surface area contributed by atoms with Crippen LogP contribution in [0.3, 0.4) is 0 Å². The Morgan fingerprint density at radius 1 is 1.57 bits per heavy atom. The molecular formula is C8H12N2O3S. The summed E-state index contributed by atoms with van der Waals surface area (Å²) in [5.41, 5.74) is 0. The molecule has 0 rings (SSSR count). The first-order valence-corrected chi connectivity index (χ1v) is 5.17. The van der Waals surface area contributed by atoms with Crippen molar-refractivity contribution in [1.29, 1.82) is 5.26 Å². The van der Waals surface area contributed by atoms with E-state index >= 15 is 0 Å². The molecule has 6 heteroatoms. The molecule has 0 heterocycles. The van der Waals surface area contributed by atoms with Crippen molar-refractivity contribution in [3.05, 3.63) is 0 Å². The molecule has 78 valence electrons. The van der Waals surface area contributed by atoms with Gasteiger partial charge in [-0.3, -0.25) is 9.59 Å². The summed E-state index contributed by atoms with van der Waals surface area (Å²) in [5.74, 6) is -1.36. The summed E-state index contributed by atoms with van der Waals surface area (Å²) in [6.45, 7) is 2.01. The van der Waals surface area contributed by atoms with Crippen LogP contribution in [0.4, 0.5) is 0 Å². The lowest BCUT2D eigenvalue weighted by Gasteiger charge is -2.04. The van der Waals surface area contributed by atoms with E-state index in [2.05, 4.69) is 5.32 Å². The van der Waals surface area contributed by atoms with Crippen LogP contribution in [0, 0.1) is 17.2 Å². The number of rotatable bonds is 6. The molecule has 14 heavy (non-hydrogen) atoms. The van der Waals surface area contributed by atoms with Crippen molar-refractivity contribution in [2.45, 2.75) is 6.92 Å². The monoisotopic (exact) mass is 216 g/mol. The van der Waals surface area contributed by atoms with E-state index in [4.69, 9.17) is 10.4 Å². The van der Waals surface area contributed by atoms with Gasteiger partial charge < -0.3 is 10.4 Å². The lowest BCUT2D eigenvalue weighted by Crippen LogP contribution is -2.29. The van der Waals surface area contributed by atoms with E-state index < -0.39 is 5.97 Å². The quantitative estimate of drug-likeness (QED) is 0.656. The van der Waals surface area contributed by atoms with E-state index in [1.807, 2.05) is 6.07 Å². The van der Waals surface area contributed by atoms with Crippen molar-refractivity contribution in [2.24, 2.45) is 5.92 Å². The minimum atomic E-state index is -0.937. The van der Waals surface area contributed by atoms with E-state index in [0.717, 1.165) is 11.8 Å². The number of carboxylic acid groups (broad SMARTS) is 1. The zero-order valence-corrected chi connectivity index (χ0v) is 8.63. The molecule has 0 aliphatic heterocycles. The largest absolute Gasteiger partial charge is 0.481 e. The first-order chi connectivity index (χ1) is 6.56. The van der Waals surface area contributed by atoms with Crippen LogP contribution in [-0.4, -0.2) is 35.0 Å². The molecular weight excluding hydrogens is 204 g/mol. The van der Waals surface area contributed by atoms with Gasteiger partial charge >= 0.3 is 5.97 Å². The molecule has 0 spiro atoms. The summed E-state index contributed by atoms with van der Waals surface area (Å²) in [6, 6.07) is 1.98. The van der Waals surface area contributed by atoms with Gasteiger partial charge in [0.15, 0.2) is 0 Å². The molecule has 1 amide bonds. The predicted octanol–water partition coefficient (Wildman–Crippen LogP) is 0.0801. The highest BCUT2D eigenvalue weighted by Crippen LogP contribution is 1.98. The third-order valence-corrected chi connectivity index (χ3v) is 2.20. The Morgan fingerprint density at radius 3 is 2.71 bits per heavy atom. The number of thioether (sulfide) groups is 1. The third-order valence-electron chi connectivity index (χ3n) is 1.28. The van der Waals surface area contributed by atoms with Gasteiger partial charge in [-0.2, -0.15) is 5.26 Å². The number of carbonyl (C=O) groups excluding carboxylic acids is 1. The average molecular weight is 216 g/mol. The summed E-state index contributed by atoms with van der Waals surface area (Å²) in [6.07, 6.45) is 0. The molecule has 0 saturated carbocycles. The fraction of sp³-hybridized carbons (Fsp3) is 0.625. The van der Waals surface area contributed by atoms with Crippen LogP contribution in [0.15, 0.2) is 0 Å². The van der Waals surface area contributed by atoms with Crippen LogP contribution in [-0.2, 0) is 9.59 Å². The summed E-state index contributed by atoms with van der Waals surface area (Å²) < 4.78 is 0. The fourth-order valence-electron chi connectivity index (χ4n) is 0.595. The van der Waals surface area contributed by atoms with Crippen LogP contribution in [0.25, 0.3) is 0 Å². The van der Waals surface area contributed by atoms with Crippen LogP contribution >= 0.6 is 11.8 Å². The number of aliphatic carboxylic acids is 1. The number of nitriles is 1.